The lowest BCUT2D eigenvalue weighted by Gasteiger charge is -2.35. The number of ether oxygens (including phenoxy) is 1. The summed E-state index contributed by atoms with van der Waals surface area (Å²) >= 11 is 3.25. The highest BCUT2D eigenvalue weighted by molar-refractivity contribution is 9.10. The van der Waals surface area contributed by atoms with Crippen molar-refractivity contribution in [3.8, 4) is 0 Å². The molecule has 1 fully saturated rings. The van der Waals surface area contributed by atoms with Crippen LogP contribution in [0.1, 0.15) is 12.5 Å². The van der Waals surface area contributed by atoms with Gasteiger partial charge in [0.25, 0.3) is 5.69 Å². The Morgan fingerprint density at radius 3 is 2.95 bits per heavy atom. The van der Waals surface area contributed by atoms with Gasteiger partial charge in [0, 0.05) is 35.7 Å². The van der Waals surface area contributed by atoms with Crippen molar-refractivity contribution in [1.82, 2.24) is 4.90 Å². The van der Waals surface area contributed by atoms with Crippen molar-refractivity contribution in [2.75, 3.05) is 19.7 Å². The number of morpholine rings is 1. The largest absolute Gasteiger partial charge is 0.394 e. The monoisotopic (exact) mass is 344 g/mol. The van der Waals surface area contributed by atoms with Crippen LogP contribution < -0.4 is 0 Å². The molecule has 1 saturated heterocycles. The maximum Gasteiger partial charge on any atom is 0.275 e. The summed E-state index contributed by atoms with van der Waals surface area (Å²) in [6, 6.07) is 5.08. The first-order valence-corrected chi connectivity index (χ1v) is 7.20. The molecule has 2 atom stereocenters. The topological polar surface area (TPSA) is 75.8 Å². The number of rotatable bonds is 4. The Kier molecular flexibility index (Phi) is 5.09. The molecule has 1 heterocycles. The summed E-state index contributed by atoms with van der Waals surface area (Å²) in [6.07, 6.45) is -0.219. The van der Waals surface area contributed by atoms with Gasteiger partial charge in [-0.25, -0.2) is 0 Å². The SMILES string of the molecule is CC1CN(Cc2ccc(Br)cc2[N+](=O)[O-])CC(CO)O1. The third-order valence-corrected chi connectivity index (χ3v) is 3.74. The second kappa shape index (κ2) is 6.62. The van der Waals surface area contributed by atoms with Gasteiger partial charge in [0.05, 0.1) is 23.7 Å². The van der Waals surface area contributed by atoms with E-state index >= 15 is 0 Å². The second-order valence-electron chi connectivity index (χ2n) is 4.98. The van der Waals surface area contributed by atoms with Crippen molar-refractivity contribution in [3.63, 3.8) is 0 Å². The number of hydrogen-bond donors (Lipinski definition) is 1. The standard InChI is InChI=1S/C13H17BrN2O4/c1-9-5-15(7-12(8-17)20-9)6-10-2-3-11(14)4-13(10)16(18)19/h2-4,9,12,17H,5-8H2,1H3. The summed E-state index contributed by atoms with van der Waals surface area (Å²) in [7, 11) is 0. The van der Waals surface area contributed by atoms with Crippen molar-refractivity contribution in [3.05, 3.63) is 38.3 Å². The van der Waals surface area contributed by atoms with Crippen LogP contribution in [0, 0.1) is 10.1 Å². The zero-order chi connectivity index (χ0) is 14.7. The normalized spacial score (nSPS) is 23.8. The molecule has 6 nitrogen and oxygen atoms in total. The number of halogens is 1. The van der Waals surface area contributed by atoms with Crippen LogP contribution in [0.25, 0.3) is 0 Å². The molecule has 7 heteroatoms. The Hall–Kier alpha value is -1.02. The number of nitrogens with zero attached hydrogens (tertiary/aromatic N) is 2. The molecule has 1 aliphatic heterocycles. The van der Waals surface area contributed by atoms with Crippen molar-refractivity contribution in [2.45, 2.75) is 25.7 Å². The number of aliphatic hydroxyl groups excluding tert-OH is 1. The first-order chi connectivity index (χ1) is 9.49. The highest BCUT2D eigenvalue weighted by Gasteiger charge is 2.26. The lowest BCUT2D eigenvalue weighted by Crippen LogP contribution is -2.47. The van der Waals surface area contributed by atoms with E-state index < -0.39 is 0 Å². The van der Waals surface area contributed by atoms with Gasteiger partial charge in [-0.05, 0) is 19.1 Å². The molecule has 0 radical (unpaired) electrons. The summed E-state index contributed by atoms with van der Waals surface area (Å²) in [4.78, 5) is 12.8. The summed E-state index contributed by atoms with van der Waals surface area (Å²) in [5.41, 5.74) is 0.781. The molecule has 20 heavy (non-hydrogen) atoms. The Morgan fingerprint density at radius 1 is 1.55 bits per heavy atom. The van der Waals surface area contributed by atoms with Gasteiger partial charge in [0.15, 0.2) is 0 Å². The summed E-state index contributed by atoms with van der Waals surface area (Å²) in [6.45, 7) is 3.65. The average molecular weight is 345 g/mol. The minimum absolute atomic E-state index is 0.00963. The molecule has 0 bridgehead atoms. The number of aliphatic hydroxyl groups is 1. The van der Waals surface area contributed by atoms with Gasteiger partial charge in [-0.1, -0.05) is 15.9 Å². The van der Waals surface area contributed by atoms with Crippen molar-refractivity contribution < 1.29 is 14.8 Å². The van der Waals surface area contributed by atoms with E-state index in [4.69, 9.17) is 4.74 Å². The van der Waals surface area contributed by atoms with Crippen LogP contribution >= 0.6 is 15.9 Å². The molecular formula is C13H17BrN2O4. The predicted octanol–water partition coefficient (Wildman–Crippen LogP) is 1.94. The molecule has 1 aromatic rings. The van der Waals surface area contributed by atoms with Crippen LogP contribution in [-0.4, -0.2) is 46.8 Å². The fourth-order valence-electron chi connectivity index (χ4n) is 2.45. The van der Waals surface area contributed by atoms with E-state index in [1.54, 1.807) is 12.1 Å². The summed E-state index contributed by atoms with van der Waals surface area (Å²) < 4.78 is 6.26. The average Bonchev–Trinajstić information content (AvgIpc) is 2.40. The Morgan fingerprint density at radius 2 is 2.30 bits per heavy atom. The van der Waals surface area contributed by atoms with Crippen LogP contribution in [-0.2, 0) is 11.3 Å². The van der Waals surface area contributed by atoms with Gasteiger partial charge in [-0.3, -0.25) is 15.0 Å². The summed E-state index contributed by atoms with van der Waals surface area (Å²) in [5, 5.41) is 20.3. The van der Waals surface area contributed by atoms with Gasteiger partial charge in [0.2, 0.25) is 0 Å². The fourth-order valence-corrected chi connectivity index (χ4v) is 2.80. The molecule has 2 unspecified atom stereocenters. The van der Waals surface area contributed by atoms with E-state index in [-0.39, 0.29) is 29.4 Å². The predicted molar refractivity (Wildman–Crippen MR) is 77.5 cm³/mol. The molecule has 2 rings (SSSR count). The van der Waals surface area contributed by atoms with E-state index in [0.29, 0.717) is 29.7 Å². The zero-order valence-corrected chi connectivity index (χ0v) is 12.7. The van der Waals surface area contributed by atoms with Crippen LogP contribution in [0.2, 0.25) is 0 Å². The fraction of sp³-hybridized carbons (Fsp3) is 0.538. The van der Waals surface area contributed by atoms with Crippen LogP contribution in [0.5, 0.6) is 0 Å². The third kappa shape index (κ3) is 3.76. The minimum atomic E-state index is -0.368. The van der Waals surface area contributed by atoms with E-state index in [2.05, 4.69) is 20.8 Å². The lowest BCUT2D eigenvalue weighted by atomic mass is 10.1. The van der Waals surface area contributed by atoms with Crippen molar-refractivity contribution in [2.24, 2.45) is 0 Å². The molecule has 0 saturated carbocycles. The van der Waals surface area contributed by atoms with Crippen molar-refractivity contribution >= 4 is 21.6 Å². The number of benzene rings is 1. The summed E-state index contributed by atoms with van der Waals surface area (Å²) in [5.74, 6) is 0. The number of hydrogen-bond acceptors (Lipinski definition) is 5. The molecular weight excluding hydrogens is 328 g/mol. The smallest absolute Gasteiger partial charge is 0.275 e. The molecule has 0 aliphatic carbocycles. The Bertz CT molecular complexity index is 497. The van der Waals surface area contributed by atoms with E-state index in [9.17, 15) is 15.2 Å². The maximum atomic E-state index is 11.1. The van der Waals surface area contributed by atoms with E-state index in [1.165, 1.54) is 6.07 Å². The van der Waals surface area contributed by atoms with Crippen LogP contribution in [0.4, 0.5) is 5.69 Å². The van der Waals surface area contributed by atoms with Crippen molar-refractivity contribution in [1.29, 1.82) is 0 Å². The molecule has 1 N–H and O–H groups in total. The molecule has 110 valence electrons. The number of nitro groups is 1. The highest BCUT2D eigenvalue weighted by atomic mass is 79.9. The van der Waals surface area contributed by atoms with Gasteiger partial charge in [0.1, 0.15) is 0 Å². The maximum absolute atomic E-state index is 11.1. The van der Waals surface area contributed by atoms with Crippen LogP contribution in [0.3, 0.4) is 0 Å². The van der Waals surface area contributed by atoms with Gasteiger partial charge < -0.3 is 9.84 Å². The lowest BCUT2D eigenvalue weighted by molar-refractivity contribution is -0.385. The van der Waals surface area contributed by atoms with Gasteiger partial charge in [-0.2, -0.15) is 0 Å². The first kappa shape index (κ1) is 15.4. The van der Waals surface area contributed by atoms with E-state index in [1.807, 2.05) is 6.92 Å². The highest BCUT2D eigenvalue weighted by Crippen LogP contribution is 2.25. The molecule has 1 aliphatic rings. The second-order valence-corrected chi connectivity index (χ2v) is 5.89. The molecule has 1 aromatic carbocycles. The van der Waals surface area contributed by atoms with E-state index in [0.717, 1.165) is 0 Å². The van der Waals surface area contributed by atoms with Gasteiger partial charge >= 0.3 is 0 Å². The zero-order valence-electron chi connectivity index (χ0n) is 11.2. The third-order valence-electron chi connectivity index (χ3n) is 3.24. The molecule has 0 spiro atoms. The van der Waals surface area contributed by atoms with Gasteiger partial charge in [-0.15, -0.1) is 0 Å². The Balaban J connectivity index is 2.15. The van der Waals surface area contributed by atoms with Crippen LogP contribution in [0.15, 0.2) is 22.7 Å². The first-order valence-electron chi connectivity index (χ1n) is 6.41. The Labute approximate surface area is 125 Å². The quantitative estimate of drug-likeness (QED) is 0.667. The molecule has 0 aromatic heterocycles. The number of nitro benzene ring substituents is 1. The molecule has 0 amide bonds. The minimum Gasteiger partial charge on any atom is -0.394 e.